The maximum atomic E-state index is 12.4. The second kappa shape index (κ2) is 3.67. The van der Waals surface area contributed by atoms with Gasteiger partial charge < -0.3 is 5.11 Å². The first-order valence-corrected chi connectivity index (χ1v) is 6.08. The average molecular weight is 232 g/mol. The van der Waals surface area contributed by atoms with Crippen molar-refractivity contribution in [1.82, 2.24) is 0 Å². The molecule has 1 aromatic rings. The Kier molecular flexibility index (Phi) is 2.66. The molecule has 17 heavy (non-hydrogen) atoms. The summed E-state index contributed by atoms with van der Waals surface area (Å²) >= 11 is 0. The SMILES string of the molecule is Cc1c(C)c(C)c2c(c1C)CC(C)(CO)C2=O. The van der Waals surface area contributed by atoms with Gasteiger partial charge in [-0.3, -0.25) is 4.79 Å². The number of benzene rings is 1. The minimum atomic E-state index is -0.613. The third-order valence-corrected chi connectivity index (χ3v) is 4.51. The van der Waals surface area contributed by atoms with Crippen LogP contribution in [-0.2, 0) is 6.42 Å². The largest absolute Gasteiger partial charge is 0.395 e. The van der Waals surface area contributed by atoms with Crippen LogP contribution in [0.2, 0.25) is 0 Å². The first-order valence-electron chi connectivity index (χ1n) is 6.08. The lowest BCUT2D eigenvalue weighted by molar-refractivity contribution is 0.0722. The van der Waals surface area contributed by atoms with Gasteiger partial charge in [-0.2, -0.15) is 0 Å². The molecule has 0 bridgehead atoms. The van der Waals surface area contributed by atoms with E-state index in [1.165, 1.54) is 16.7 Å². The van der Waals surface area contributed by atoms with Gasteiger partial charge in [0.2, 0.25) is 0 Å². The van der Waals surface area contributed by atoms with Gasteiger partial charge >= 0.3 is 0 Å². The Balaban J connectivity index is 2.76. The summed E-state index contributed by atoms with van der Waals surface area (Å²) in [5.74, 6) is 0.110. The van der Waals surface area contributed by atoms with E-state index in [9.17, 15) is 9.90 Å². The van der Waals surface area contributed by atoms with E-state index >= 15 is 0 Å². The third-order valence-electron chi connectivity index (χ3n) is 4.51. The lowest BCUT2D eigenvalue weighted by atomic mass is 9.87. The number of hydrogen-bond acceptors (Lipinski definition) is 2. The number of rotatable bonds is 1. The van der Waals surface area contributed by atoms with Gasteiger partial charge in [0.15, 0.2) is 5.78 Å². The van der Waals surface area contributed by atoms with Crippen molar-refractivity contribution in [3.8, 4) is 0 Å². The fraction of sp³-hybridized carbons (Fsp3) is 0.533. The van der Waals surface area contributed by atoms with Crippen LogP contribution >= 0.6 is 0 Å². The number of aliphatic hydroxyl groups is 1. The van der Waals surface area contributed by atoms with Crippen molar-refractivity contribution in [2.24, 2.45) is 5.41 Å². The fourth-order valence-electron chi connectivity index (χ4n) is 2.82. The predicted molar refractivity (Wildman–Crippen MR) is 68.6 cm³/mol. The Morgan fingerprint density at radius 1 is 1.06 bits per heavy atom. The maximum absolute atomic E-state index is 12.4. The third kappa shape index (κ3) is 1.47. The van der Waals surface area contributed by atoms with E-state index in [0.717, 1.165) is 16.7 Å². The number of carbonyl (C=O) groups excluding carboxylic acids is 1. The molecule has 92 valence electrons. The van der Waals surface area contributed by atoms with Crippen molar-refractivity contribution >= 4 is 5.78 Å². The van der Waals surface area contributed by atoms with Gasteiger partial charge in [-0.25, -0.2) is 0 Å². The summed E-state index contributed by atoms with van der Waals surface area (Å²) in [5.41, 5.74) is 6.18. The Morgan fingerprint density at radius 3 is 2.12 bits per heavy atom. The lowest BCUT2D eigenvalue weighted by Crippen LogP contribution is -2.28. The molecule has 1 unspecified atom stereocenters. The molecule has 1 atom stereocenters. The number of Topliss-reactive ketones (excluding diaryl/α,β-unsaturated/α-hetero) is 1. The molecule has 0 radical (unpaired) electrons. The minimum Gasteiger partial charge on any atom is -0.395 e. The molecule has 2 rings (SSSR count). The van der Waals surface area contributed by atoms with E-state index in [0.29, 0.717) is 6.42 Å². The molecule has 0 saturated carbocycles. The van der Waals surface area contributed by atoms with Crippen molar-refractivity contribution in [3.63, 3.8) is 0 Å². The molecule has 0 fully saturated rings. The van der Waals surface area contributed by atoms with Crippen molar-refractivity contribution in [1.29, 1.82) is 0 Å². The average Bonchev–Trinajstić information content (AvgIpc) is 2.58. The summed E-state index contributed by atoms with van der Waals surface area (Å²) in [5, 5.41) is 9.47. The van der Waals surface area contributed by atoms with Crippen molar-refractivity contribution in [3.05, 3.63) is 33.4 Å². The summed E-state index contributed by atoms with van der Waals surface area (Å²) in [4.78, 5) is 12.4. The molecule has 0 heterocycles. The van der Waals surface area contributed by atoms with Crippen LogP contribution in [-0.4, -0.2) is 17.5 Å². The molecule has 2 heteroatoms. The number of ketones is 1. The molecule has 1 aliphatic carbocycles. The maximum Gasteiger partial charge on any atom is 0.171 e. The summed E-state index contributed by atoms with van der Waals surface area (Å²) in [6, 6.07) is 0. The molecule has 0 aromatic heterocycles. The topological polar surface area (TPSA) is 37.3 Å². The van der Waals surface area contributed by atoms with Crippen LogP contribution < -0.4 is 0 Å². The highest BCUT2D eigenvalue weighted by molar-refractivity contribution is 6.06. The van der Waals surface area contributed by atoms with E-state index < -0.39 is 5.41 Å². The first-order chi connectivity index (χ1) is 7.83. The van der Waals surface area contributed by atoms with Crippen LogP contribution in [0.3, 0.4) is 0 Å². The zero-order valence-electron chi connectivity index (χ0n) is 11.3. The first kappa shape index (κ1) is 12.3. The lowest BCUT2D eigenvalue weighted by Gasteiger charge is -2.17. The van der Waals surface area contributed by atoms with Gasteiger partial charge in [-0.15, -0.1) is 0 Å². The van der Waals surface area contributed by atoms with E-state index in [1.54, 1.807) is 0 Å². The van der Waals surface area contributed by atoms with Crippen LogP contribution in [0.1, 0.15) is 45.1 Å². The Morgan fingerprint density at radius 2 is 1.59 bits per heavy atom. The van der Waals surface area contributed by atoms with E-state index in [1.807, 2.05) is 13.8 Å². The quantitative estimate of drug-likeness (QED) is 0.808. The second-order valence-electron chi connectivity index (χ2n) is 5.58. The van der Waals surface area contributed by atoms with Gasteiger partial charge in [0.1, 0.15) is 0 Å². The summed E-state index contributed by atoms with van der Waals surface area (Å²) in [6.45, 7) is 10.1. The fourth-order valence-corrected chi connectivity index (χ4v) is 2.82. The zero-order chi connectivity index (χ0) is 13.0. The Hall–Kier alpha value is -1.15. The van der Waals surface area contributed by atoms with Crippen LogP contribution in [0, 0.1) is 33.1 Å². The Bertz CT molecular complexity index is 514. The van der Waals surface area contributed by atoms with Gasteiger partial charge in [-0.1, -0.05) is 0 Å². The van der Waals surface area contributed by atoms with Crippen LogP contribution in [0.5, 0.6) is 0 Å². The number of fused-ring (bicyclic) bond motifs is 1. The molecule has 1 N–H and O–H groups in total. The minimum absolute atomic E-state index is 0.0719. The number of aliphatic hydroxyl groups excluding tert-OH is 1. The highest BCUT2D eigenvalue weighted by Gasteiger charge is 2.43. The summed E-state index contributed by atoms with van der Waals surface area (Å²) in [7, 11) is 0. The Labute approximate surface area is 103 Å². The molecule has 0 amide bonds. The van der Waals surface area contributed by atoms with E-state index in [2.05, 4.69) is 20.8 Å². The number of hydrogen-bond donors (Lipinski definition) is 1. The van der Waals surface area contributed by atoms with Gasteiger partial charge in [0.25, 0.3) is 0 Å². The summed E-state index contributed by atoms with van der Waals surface area (Å²) in [6.07, 6.45) is 0.672. The van der Waals surface area contributed by atoms with Crippen LogP contribution in [0.4, 0.5) is 0 Å². The predicted octanol–water partition coefficient (Wildman–Crippen LogP) is 2.66. The molecular weight excluding hydrogens is 212 g/mol. The van der Waals surface area contributed by atoms with Gasteiger partial charge in [0.05, 0.1) is 12.0 Å². The molecule has 0 spiro atoms. The number of carbonyl (C=O) groups is 1. The summed E-state index contributed by atoms with van der Waals surface area (Å²) < 4.78 is 0. The molecule has 0 aliphatic heterocycles. The monoisotopic (exact) mass is 232 g/mol. The van der Waals surface area contributed by atoms with Crippen molar-refractivity contribution in [2.75, 3.05) is 6.61 Å². The molecule has 0 saturated heterocycles. The molecule has 1 aromatic carbocycles. The highest BCUT2D eigenvalue weighted by Crippen LogP contribution is 2.41. The van der Waals surface area contributed by atoms with Crippen LogP contribution in [0.15, 0.2) is 0 Å². The standard InChI is InChI=1S/C15H20O2/c1-8-9(2)11(4)13-12(10(8)3)6-15(5,7-16)14(13)17/h16H,6-7H2,1-5H3. The second-order valence-corrected chi connectivity index (χ2v) is 5.58. The molecular formula is C15H20O2. The van der Waals surface area contributed by atoms with Crippen molar-refractivity contribution < 1.29 is 9.90 Å². The zero-order valence-corrected chi connectivity index (χ0v) is 11.3. The smallest absolute Gasteiger partial charge is 0.171 e. The van der Waals surface area contributed by atoms with Crippen LogP contribution in [0.25, 0.3) is 0 Å². The van der Waals surface area contributed by atoms with E-state index in [-0.39, 0.29) is 12.4 Å². The van der Waals surface area contributed by atoms with Gasteiger partial charge in [-0.05, 0) is 68.9 Å². The normalized spacial score (nSPS) is 23.1. The van der Waals surface area contributed by atoms with Gasteiger partial charge in [0, 0.05) is 5.56 Å². The van der Waals surface area contributed by atoms with E-state index in [4.69, 9.17) is 0 Å². The highest BCUT2D eigenvalue weighted by atomic mass is 16.3. The van der Waals surface area contributed by atoms with Crippen molar-refractivity contribution in [2.45, 2.75) is 41.0 Å². The molecule has 1 aliphatic rings. The molecule has 2 nitrogen and oxygen atoms in total.